The van der Waals surface area contributed by atoms with Gasteiger partial charge in [0.1, 0.15) is 5.75 Å². The largest absolute Gasteiger partial charge is 0.495 e. The molecular weight excluding hydrogens is 434 g/mol. The lowest BCUT2D eigenvalue weighted by molar-refractivity contribution is -0.158. The predicted octanol–water partition coefficient (Wildman–Crippen LogP) is 5.43. The number of carbonyl (C=O) groups is 2. The van der Waals surface area contributed by atoms with Gasteiger partial charge in [-0.15, -0.1) is 0 Å². The lowest BCUT2D eigenvalue weighted by atomic mass is 10.1. The summed E-state index contributed by atoms with van der Waals surface area (Å²) in [6.45, 7) is 7.24. The highest BCUT2D eigenvalue weighted by Crippen LogP contribution is 2.26. The van der Waals surface area contributed by atoms with Gasteiger partial charge in [-0.25, -0.2) is 14.6 Å². The molecule has 0 aliphatic carbocycles. The second-order valence-corrected chi connectivity index (χ2v) is 8.08. The van der Waals surface area contributed by atoms with Crippen LogP contribution in [0, 0.1) is 6.92 Å². The van der Waals surface area contributed by atoms with Gasteiger partial charge in [0.2, 0.25) is 11.5 Å². The summed E-state index contributed by atoms with van der Waals surface area (Å²) >= 11 is 0. The van der Waals surface area contributed by atoms with Crippen LogP contribution in [-0.2, 0) is 9.53 Å². The molecule has 0 spiro atoms. The molecule has 2 aromatic carbocycles. The zero-order valence-corrected chi connectivity index (χ0v) is 20.0. The van der Waals surface area contributed by atoms with Crippen molar-refractivity contribution in [1.29, 1.82) is 0 Å². The molecule has 1 heterocycles. The van der Waals surface area contributed by atoms with E-state index in [1.54, 1.807) is 52.3 Å². The third kappa shape index (κ3) is 6.25. The van der Waals surface area contributed by atoms with E-state index in [1.165, 1.54) is 0 Å². The van der Waals surface area contributed by atoms with E-state index in [2.05, 4.69) is 15.6 Å². The van der Waals surface area contributed by atoms with Gasteiger partial charge in [-0.05, 0) is 69.2 Å². The molecule has 0 saturated carbocycles. The summed E-state index contributed by atoms with van der Waals surface area (Å²) in [6, 6.07) is 16.1. The molecule has 8 nitrogen and oxygen atoms in total. The molecule has 178 valence electrons. The third-order valence-electron chi connectivity index (χ3n) is 4.94. The van der Waals surface area contributed by atoms with Gasteiger partial charge in [-0.3, -0.25) is 0 Å². The number of methoxy groups -OCH3 is 1. The Hall–Kier alpha value is -4.07. The summed E-state index contributed by atoms with van der Waals surface area (Å²) in [7, 11) is 1.56. The van der Waals surface area contributed by atoms with Gasteiger partial charge < -0.3 is 24.8 Å². The molecule has 2 amide bonds. The SMILES string of the molecule is CCOC(=O)C(C)(C)Oc1ccc(-c2ccc(NC(=O)Nc3cc(C)ccc3OC)cc2)cn1. The first kappa shape index (κ1) is 24.6. The molecule has 0 saturated heterocycles. The molecule has 0 bridgehead atoms. The van der Waals surface area contributed by atoms with Gasteiger partial charge in [-0.2, -0.15) is 0 Å². The molecule has 0 atom stereocenters. The quantitative estimate of drug-likeness (QED) is 0.432. The minimum Gasteiger partial charge on any atom is -0.495 e. The van der Waals surface area contributed by atoms with E-state index in [-0.39, 0.29) is 12.6 Å². The summed E-state index contributed by atoms with van der Waals surface area (Å²) in [6.07, 6.45) is 1.66. The van der Waals surface area contributed by atoms with Crippen LogP contribution in [0.1, 0.15) is 26.3 Å². The van der Waals surface area contributed by atoms with Crippen LogP contribution >= 0.6 is 0 Å². The van der Waals surface area contributed by atoms with Crippen molar-refractivity contribution in [3.63, 3.8) is 0 Å². The number of aryl methyl sites for hydroxylation is 1. The zero-order chi connectivity index (χ0) is 24.7. The van der Waals surface area contributed by atoms with Crippen molar-refractivity contribution in [2.45, 2.75) is 33.3 Å². The molecule has 0 aliphatic rings. The highest BCUT2D eigenvalue weighted by Gasteiger charge is 2.32. The van der Waals surface area contributed by atoms with Crippen LogP contribution in [0.15, 0.2) is 60.8 Å². The second-order valence-electron chi connectivity index (χ2n) is 8.08. The van der Waals surface area contributed by atoms with Gasteiger partial charge >= 0.3 is 12.0 Å². The van der Waals surface area contributed by atoms with Gasteiger partial charge in [0.15, 0.2) is 0 Å². The fraction of sp³-hybridized carbons (Fsp3) is 0.269. The number of pyridine rings is 1. The number of hydrogen-bond acceptors (Lipinski definition) is 6. The van der Waals surface area contributed by atoms with Crippen LogP contribution < -0.4 is 20.1 Å². The van der Waals surface area contributed by atoms with E-state index in [0.717, 1.165) is 16.7 Å². The maximum Gasteiger partial charge on any atom is 0.349 e. The highest BCUT2D eigenvalue weighted by atomic mass is 16.6. The first-order valence-corrected chi connectivity index (χ1v) is 10.9. The third-order valence-corrected chi connectivity index (χ3v) is 4.94. The van der Waals surface area contributed by atoms with Crippen LogP contribution in [-0.4, -0.2) is 36.3 Å². The van der Waals surface area contributed by atoms with E-state index < -0.39 is 11.6 Å². The van der Waals surface area contributed by atoms with Crippen molar-refractivity contribution in [2.24, 2.45) is 0 Å². The van der Waals surface area contributed by atoms with Crippen molar-refractivity contribution in [3.8, 4) is 22.8 Å². The Morgan fingerprint density at radius 1 is 0.971 bits per heavy atom. The average molecular weight is 464 g/mol. The first-order valence-electron chi connectivity index (χ1n) is 10.9. The number of esters is 1. The number of hydrogen-bond donors (Lipinski definition) is 2. The molecule has 34 heavy (non-hydrogen) atoms. The van der Waals surface area contributed by atoms with Crippen LogP contribution in [0.3, 0.4) is 0 Å². The molecule has 0 aliphatic heterocycles. The number of benzene rings is 2. The van der Waals surface area contributed by atoms with Gasteiger partial charge in [0.05, 0.1) is 19.4 Å². The molecular formula is C26H29N3O5. The standard InChI is InChI=1S/C26H29N3O5/c1-6-33-24(30)26(3,4)34-23-14-10-19(16-27-23)18-8-11-20(12-9-18)28-25(31)29-21-15-17(2)7-13-22(21)32-5/h7-16H,6H2,1-5H3,(H2,28,29,31). The number of carbonyl (C=O) groups excluding carboxylic acids is 2. The number of rotatable bonds is 8. The normalized spacial score (nSPS) is 10.9. The van der Waals surface area contributed by atoms with Crippen molar-refractivity contribution in [1.82, 2.24) is 4.98 Å². The maximum absolute atomic E-state index is 12.4. The second kappa shape index (κ2) is 10.7. The van der Waals surface area contributed by atoms with Gasteiger partial charge in [-0.1, -0.05) is 18.2 Å². The van der Waals surface area contributed by atoms with Crippen LogP contribution in [0.2, 0.25) is 0 Å². The number of anilines is 2. The van der Waals surface area contributed by atoms with E-state index in [1.807, 2.05) is 43.3 Å². The summed E-state index contributed by atoms with van der Waals surface area (Å²) in [4.78, 5) is 28.7. The zero-order valence-electron chi connectivity index (χ0n) is 20.0. The molecule has 1 aromatic heterocycles. The Morgan fingerprint density at radius 3 is 2.29 bits per heavy atom. The summed E-state index contributed by atoms with van der Waals surface area (Å²) in [5.74, 6) is 0.457. The lowest BCUT2D eigenvalue weighted by Crippen LogP contribution is -2.39. The van der Waals surface area contributed by atoms with Gasteiger partial charge in [0.25, 0.3) is 0 Å². The maximum atomic E-state index is 12.4. The van der Waals surface area contributed by atoms with E-state index in [4.69, 9.17) is 14.2 Å². The average Bonchev–Trinajstić information content (AvgIpc) is 2.80. The minimum absolute atomic E-state index is 0.282. The molecule has 0 fully saturated rings. The number of aromatic nitrogens is 1. The number of nitrogens with zero attached hydrogens (tertiary/aromatic N) is 1. The van der Waals surface area contributed by atoms with Crippen LogP contribution in [0.25, 0.3) is 11.1 Å². The molecule has 8 heteroatoms. The van der Waals surface area contributed by atoms with Crippen molar-refractivity contribution >= 4 is 23.4 Å². The van der Waals surface area contributed by atoms with Crippen LogP contribution in [0.4, 0.5) is 16.2 Å². The number of amides is 2. The van der Waals surface area contributed by atoms with E-state index >= 15 is 0 Å². The van der Waals surface area contributed by atoms with E-state index in [9.17, 15) is 9.59 Å². The first-order chi connectivity index (χ1) is 16.2. The smallest absolute Gasteiger partial charge is 0.349 e. The number of ether oxygens (including phenoxy) is 3. The Morgan fingerprint density at radius 2 is 1.68 bits per heavy atom. The van der Waals surface area contributed by atoms with E-state index in [0.29, 0.717) is 23.0 Å². The monoisotopic (exact) mass is 463 g/mol. The fourth-order valence-corrected chi connectivity index (χ4v) is 3.17. The van der Waals surface area contributed by atoms with Crippen molar-refractivity contribution in [3.05, 3.63) is 66.4 Å². The highest BCUT2D eigenvalue weighted by molar-refractivity contribution is 6.00. The molecule has 3 rings (SSSR count). The lowest BCUT2D eigenvalue weighted by Gasteiger charge is -2.23. The van der Waals surface area contributed by atoms with Crippen LogP contribution in [0.5, 0.6) is 11.6 Å². The molecule has 0 radical (unpaired) electrons. The number of nitrogens with one attached hydrogen (secondary N) is 2. The summed E-state index contributed by atoms with van der Waals surface area (Å²) in [5.41, 5.74) is 2.88. The Labute approximate surface area is 199 Å². The molecule has 3 aromatic rings. The van der Waals surface area contributed by atoms with Gasteiger partial charge in [0, 0.05) is 23.5 Å². The topological polar surface area (TPSA) is 98.8 Å². The fourth-order valence-electron chi connectivity index (χ4n) is 3.17. The Balaban J connectivity index is 1.62. The predicted molar refractivity (Wildman–Crippen MR) is 131 cm³/mol. The molecule has 2 N–H and O–H groups in total. The van der Waals surface area contributed by atoms with Crippen molar-refractivity contribution < 1.29 is 23.8 Å². The van der Waals surface area contributed by atoms with Crippen molar-refractivity contribution in [2.75, 3.05) is 24.4 Å². The minimum atomic E-state index is -1.14. The Kier molecular flexibility index (Phi) is 7.73. The molecule has 0 unspecified atom stereocenters. The Bertz CT molecular complexity index is 1140. The summed E-state index contributed by atoms with van der Waals surface area (Å²) < 4.78 is 16.0. The number of urea groups is 1. The summed E-state index contributed by atoms with van der Waals surface area (Å²) in [5, 5.41) is 5.62.